The molecule has 0 bridgehead atoms. The summed E-state index contributed by atoms with van der Waals surface area (Å²) >= 11 is 0. The Bertz CT molecular complexity index is 278. The van der Waals surface area contributed by atoms with Crippen molar-refractivity contribution in [2.24, 2.45) is 0 Å². The summed E-state index contributed by atoms with van der Waals surface area (Å²) in [5, 5.41) is 8.86. The first-order valence-electron chi connectivity index (χ1n) is 4.88. The van der Waals surface area contributed by atoms with E-state index in [-0.39, 0.29) is 24.8 Å². The third kappa shape index (κ3) is 2.43. The second-order valence-corrected chi connectivity index (χ2v) is 3.52. The van der Waals surface area contributed by atoms with Crippen LogP contribution >= 0.6 is 0 Å². The lowest BCUT2D eigenvalue weighted by molar-refractivity contribution is -0.138. The summed E-state index contributed by atoms with van der Waals surface area (Å²) in [4.78, 5) is 25.8. The van der Waals surface area contributed by atoms with Crippen molar-refractivity contribution in [3.63, 3.8) is 0 Å². The van der Waals surface area contributed by atoms with Gasteiger partial charge in [0, 0.05) is 20.1 Å². The van der Waals surface area contributed by atoms with E-state index in [9.17, 15) is 9.59 Å². The predicted octanol–water partition coefficient (Wildman–Crippen LogP) is -0.776. The average molecular weight is 212 g/mol. The van der Waals surface area contributed by atoms with Gasteiger partial charge in [-0.05, 0) is 0 Å². The van der Waals surface area contributed by atoms with Gasteiger partial charge >= 0.3 is 0 Å². The molecule has 1 atom stereocenters. The molecule has 0 radical (unpaired) electrons. The van der Waals surface area contributed by atoms with Gasteiger partial charge in [0.2, 0.25) is 11.8 Å². The third-order valence-electron chi connectivity index (χ3n) is 2.55. The van der Waals surface area contributed by atoms with Crippen LogP contribution in [0.1, 0.15) is 6.42 Å². The van der Waals surface area contributed by atoms with Crippen LogP contribution in [0.15, 0.2) is 12.7 Å². The zero-order valence-corrected chi connectivity index (χ0v) is 8.85. The second kappa shape index (κ2) is 5.04. The van der Waals surface area contributed by atoms with Crippen molar-refractivity contribution in [2.75, 3.05) is 26.7 Å². The maximum Gasteiger partial charge on any atom is 0.246 e. The highest BCUT2D eigenvalue weighted by Crippen LogP contribution is 2.16. The zero-order valence-electron chi connectivity index (χ0n) is 8.85. The highest BCUT2D eigenvalue weighted by molar-refractivity contribution is 6.05. The Balaban J connectivity index is 2.72. The van der Waals surface area contributed by atoms with Gasteiger partial charge in [0.15, 0.2) is 0 Å². The monoisotopic (exact) mass is 212 g/mol. The van der Waals surface area contributed by atoms with Crippen LogP contribution in [0.3, 0.4) is 0 Å². The lowest BCUT2D eigenvalue weighted by Gasteiger charge is -2.24. The van der Waals surface area contributed by atoms with E-state index in [0.29, 0.717) is 13.1 Å². The summed E-state index contributed by atoms with van der Waals surface area (Å²) in [7, 11) is 1.48. The van der Waals surface area contributed by atoms with Crippen molar-refractivity contribution in [2.45, 2.75) is 12.5 Å². The van der Waals surface area contributed by atoms with Gasteiger partial charge in [-0.3, -0.25) is 19.4 Å². The van der Waals surface area contributed by atoms with Crippen LogP contribution in [-0.4, -0.2) is 59.5 Å². The fourth-order valence-electron chi connectivity index (χ4n) is 1.69. The fraction of sp³-hybridized carbons (Fsp3) is 0.600. The molecular weight excluding hydrogens is 196 g/mol. The normalized spacial score (nSPS) is 21.5. The second-order valence-electron chi connectivity index (χ2n) is 3.52. The molecule has 84 valence electrons. The van der Waals surface area contributed by atoms with Gasteiger partial charge in [-0.1, -0.05) is 6.08 Å². The number of hydrogen-bond donors (Lipinski definition) is 1. The Kier molecular flexibility index (Phi) is 3.99. The number of rotatable bonds is 5. The van der Waals surface area contributed by atoms with Crippen molar-refractivity contribution in [3.8, 4) is 0 Å². The minimum Gasteiger partial charge on any atom is -0.395 e. The molecule has 1 unspecified atom stereocenters. The topological polar surface area (TPSA) is 60.9 Å². The molecular formula is C10H16N2O3. The number of aliphatic hydroxyl groups is 1. The van der Waals surface area contributed by atoms with E-state index in [1.165, 1.54) is 7.05 Å². The van der Waals surface area contributed by atoms with Gasteiger partial charge in [0.05, 0.1) is 19.1 Å². The van der Waals surface area contributed by atoms with Crippen LogP contribution in [0.4, 0.5) is 0 Å². The summed E-state index contributed by atoms with van der Waals surface area (Å²) in [6.45, 7) is 4.43. The Morgan fingerprint density at radius 3 is 2.73 bits per heavy atom. The maximum absolute atomic E-state index is 11.7. The van der Waals surface area contributed by atoms with Gasteiger partial charge in [-0.2, -0.15) is 0 Å². The molecule has 1 heterocycles. The van der Waals surface area contributed by atoms with Gasteiger partial charge in [0.1, 0.15) is 0 Å². The molecule has 0 aliphatic carbocycles. The van der Waals surface area contributed by atoms with E-state index in [0.717, 1.165) is 4.90 Å². The standard InChI is InChI=1S/C10H16N2O3/c1-3-4-12(5-6-13)8-7-9(14)11(2)10(8)15/h3,8,13H,1,4-7H2,2H3. The summed E-state index contributed by atoms with van der Waals surface area (Å²) in [6, 6.07) is -0.437. The lowest BCUT2D eigenvalue weighted by atomic mass is 10.2. The highest BCUT2D eigenvalue weighted by atomic mass is 16.3. The third-order valence-corrected chi connectivity index (χ3v) is 2.55. The summed E-state index contributed by atoms with van der Waals surface area (Å²) in [5.74, 6) is -0.368. The Morgan fingerprint density at radius 2 is 2.33 bits per heavy atom. The molecule has 1 rings (SSSR count). The molecule has 1 saturated heterocycles. The van der Waals surface area contributed by atoms with Crippen molar-refractivity contribution in [1.29, 1.82) is 0 Å². The van der Waals surface area contributed by atoms with Crippen LogP contribution in [0.2, 0.25) is 0 Å². The number of carbonyl (C=O) groups excluding carboxylic acids is 2. The summed E-state index contributed by atoms with van der Waals surface area (Å²) in [6.07, 6.45) is 1.86. The smallest absolute Gasteiger partial charge is 0.246 e. The molecule has 1 N–H and O–H groups in total. The average Bonchev–Trinajstić information content (AvgIpc) is 2.46. The molecule has 15 heavy (non-hydrogen) atoms. The van der Waals surface area contributed by atoms with E-state index in [2.05, 4.69) is 6.58 Å². The molecule has 1 fully saturated rings. The number of aliphatic hydroxyl groups excluding tert-OH is 1. The van der Waals surface area contributed by atoms with Crippen molar-refractivity contribution in [3.05, 3.63) is 12.7 Å². The molecule has 1 aliphatic heterocycles. The Morgan fingerprint density at radius 1 is 1.67 bits per heavy atom. The molecule has 2 amide bonds. The molecule has 0 saturated carbocycles. The Labute approximate surface area is 89.0 Å². The number of nitrogens with zero attached hydrogens (tertiary/aromatic N) is 2. The van der Waals surface area contributed by atoms with E-state index < -0.39 is 6.04 Å². The first-order chi connectivity index (χ1) is 7.11. The number of likely N-dealkylation sites (N-methyl/N-ethyl adjacent to an activating group) is 1. The van der Waals surface area contributed by atoms with Crippen LogP contribution in [0.25, 0.3) is 0 Å². The minimum absolute atomic E-state index is 0.0322. The number of carbonyl (C=O) groups is 2. The lowest BCUT2D eigenvalue weighted by Crippen LogP contribution is -2.42. The largest absolute Gasteiger partial charge is 0.395 e. The molecule has 0 spiro atoms. The number of likely N-dealkylation sites (tertiary alicyclic amines) is 1. The zero-order chi connectivity index (χ0) is 11.4. The molecule has 0 aromatic rings. The molecule has 0 aromatic carbocycles. The van der Waals surface area contributed by atoms with E-state index in [1.54, 1.807) is 11.0 Å². The SMILES string of the molecule is C=CCN(CCO)C1CC(=O)N(C)C1=O. The molecule has 5 heteroatoms. The van der Waals surface area contributed by atoms with Crippen molar-refractivity contribution < 1.29 is 14.7 Å². The van der Waals surface area contributed by atoms with E-state index in [4.69, 9.17) is 5.11 Å². The first-order valence-corrected chi connectivity index (χ1v) is 4.88. The van der Waals surface area contributed by atoms with Gasteiger partial charge in [0.25, 0.3) is 0 Å². The quantitative estimate of drug-likeness (QED) is 0.480. The van der Waals surface area contributed by atoms with E-state index >= 15 is 0 Å². The van der Waals surface area contributed by atoms with E-state index in [1.807, 2.05) is 0 Å². The number of imide groups is 1. The number of amides is 2. The van der Waals surface area contributed by atoms with Crippen LogP contribution < -0.4 is 0 Å². The van der Waals surface area contributed by atoms with Crippen LogP contribution in [-0.2, 0) is 9.59 Å². The van der Waals surface area contributed by atoms with Crippen molar-refractivity contribution >= 4 is 11.8 Å². The van der Waals surface area contributed by atoms with Crippen LogP contribution in [0.5, 0.6) is 0 Å². The van der Waals surface area contributed by atoms with Gasteiger partial charge in [-0.15, -0.1) is 6.58 Å². The Hall–Kier alpha value is -1.20. The van der Waals surface area contributed by atoms with Crippen molar-refractivity contribution in [1.82, 2.24) is 9.80 Å². The summed E-state index contributed by atoms with van der Waals surface area (Å²) < 4.78 is 0. The fourth-order valence-corrected chi connectivity index (χ4v) is 1.69. The van der Waals surface area contributed by atoms with Crippen LogP contribution in [0, 0.1) is 0 Å². The minimum atomic E-state index is -0.437. The highest BCUT2D eigenvalue weighted by Gasteiger charge is 2.39. The maximum atomic E-state index is 11.7. The first kappa shape index (κ1) is 11.9. The van der Waals surface area contributed by atoms with Gasteiger partial charge < -0.3 is 5.11 Å². The van der Waals surface area contributed by atoms with Gasteiger partial charge in [-0.25, -0.2) is 0 Å². The predicted molar refractivity (Wildman–Crippen MR) is 55.0 cm³/mol. The number of hydrogen-bond acceptors (Lipinski definition) is 4. The molecule has 0 aromatic heterocycles. The molecule has 5 nitrogen and oxygen atoms in total. The summed E-state index contributed by atoms with van der Waals surface area (Å²) in [5.41, 5.74) is 0. The molecule has 1 aliphatic rings.